The van der Waals surface area contributed by atoms with Gasteiger partial charge in [-0.3, -0.25) is 9.69 Å². The van der Waals surface area contributed by atoms with Crippen LogP contribution in [0.15, 0.2) is 36.5 Å². The van der Waals surface area contributed by atoms with Crippen molar-refractivity contribution in [3.05, 3.63) is 36.5 Å². The van der Waals surface area contributed by atoms with Gasteiger partial charge in [0.25, 0.3) is 5.91 Å². The molecule has 1 rings (SSSR count). The predicted molar refractivity (Wildman–Crippen MR) is 97.9 cm³/mol. The van der Waals surface area contributed by atoms with Gasteiger partial charge in [0.1, 0.15) is 6.17 Å². The summed E-state index contributed by atoms with van der Waals surface area (Å²) in [5, 5.41) is 0. The van der Waals surface area contributed by atoms with E-state index in [1.807, 2.05) is 43.2 Å². The number of allylic oxidation sites excluding steroid dienone is 4. The Morgan fingerprint density at radius 3 is 2.52 bits per heavy atom. The Kier molecular flexibility index (Phi) is 8.89. The van der Waals surface area contributed by atoms with Gasteiger partial charge in [-0.2, -0.15) is 0 Å². The highest BCUT2D eigenvalue weighted by atomic mass is 16.2. The first-order valence-corrected chi connectivity index (χ1v) is 8.61. The van der Waals surface area contributed by atoms with E-state index in [1.165, 1.54) is 32.1 Å². The van der Waals surface area contributed by atoms with Crippen LogP contribution in [0.25, 0.3) is 0 Å². The minimum absolute atomic E-state index is 0.0307. The molecule has 0 aromatic carbocycles. The minimum Gasteiger partial charge on any atom is -0.340 e. The summed E-state index contributed by atoms with van der Waals surface area (Å²) < 4.78 is 0. The number of hydrogen-bond donors (Lipinski definition) is 1. The Morgan fingerprint density at radius 1 is 1.26 bits per heavy atom. The molecule has 1 saturated carbocycles. The second kappa shape index (κ2) is 10.4. The molecule has 23 heavy (non-hydrogen) atoms. The Morgan fingerprint density at radius 2 is 1.91 bits per heavy atom. The van der Waals surface area contributed by atoms with E-state index in [2.05, 4.69) is 6.58 Å². The fourth-order valence-corrected chi connectivity index (χ4v) is 2.91. The molecule has 1 unspecified atom stereocenters. The summed E-state index contributed by atoms with van der Waals surface area (Å²) in [6.07, 6.45) is 13.7. The second-order valence-corrected chi connectivity index (χ2v) is 6.74. The Bertz CT molecular complexity index is 436. The maximum Gasteiger partial charge on any atom is 0.254 e. The molecule has 1 atom stereocenters. The van der Waals surface area contributed by atoms with Crippen LogP contribution in [0.2, 0.25) is 0 Å². The van der Waals surface area contributed by atoms with Gasteiger partial charge in [0.05, 0.1) is 0 Å². The van der Waals surface area contributed by atoms with Crippen LogP contribution in [0, 0.1) is 5.92 Å². The van der Waals surface area contributed by atoms with Gasteiger partial charge in [-0.05, 0) is 32.7 Å². The highest BCUT2D eigenvalue weighted by Gasteiger charge is 2.24. The van der Waals surface area contributed by atoms with Crippen LogP contribution in [0.3, 0.4) is 0 Å². The largest absolute Gasteiger partial charge is 0.340 e. The van der Waals surface area contributed by atoms with Crippen LogP contribution < -0.4 is 5.73 Å². The minimum atomic E-state index is -0.554. The van der Waals surface area contributed by atoms with Crippen molar-refractivity contribution in [3.8, 4) is 0 Å². The maximum atomic E-state index is 12.4. The molecule has 4 heteroatoms. The van der Waals surface area contributed by atoms with Crippen molar-refractivity contribution in [2.24, 2.45) is 11.7 Å². The van der Waals surface area contributed by atoms with E-state index in [0.29, 0.717) is 12.5 Å². The first-order chi connectivity index (χ1) is 10.9. The molecule has 2 N–H and O–H groups in total. The Labute approximate surface area is 141 Å². The quantitative estimate of drug-likeness (QED) is 0.553. The summed E-state index contributed by atoms with van der Waals surface area (Å²) in [5.41, 5.74) is 7.14. The normalized spacial score (nSPS) is 18.0. The van der Waals surface area contributed by atoms with Crippen LogP contribution in [-0.4, -0.2) is 49.1 Å². The second-order valence-electron chi connectivity index (χ2n) is 6.74. The first kappa shape index (κ1) is 19.7. The zero-order valence-electron chi connectivity index (χ0n) is 15.0. The summed E-state index contributed by atoms with van der Waals surface area (Å²) in [5.74, 6) is 0.655. The van der Waals surface area contributed by atoms with Gasteiger partial charge in [-0.25, -0.2) is 0 Å². The summed E-state index contributed by atoms with van der Waals surface area (Å²) in [6, 6.07) is 0. The molecule has 0 saturated heterocycles. The van der Waals surface area contributed by atoms with Crippen LogP contribution in [0.1, 0.15) is 39.0 Å². The van der Waals surface area contributed by atoms with Gasteiger partial charge in [-0.1, -0.05) is 55.7 Å². The lowest BCUT2D eigenvalue weighted by atomic mass is 9.89. The van der Waals surface area contributed by atoms with E-state index >= 15 is 0 Å². The summed E-state index contributed by atoms with van der Waals surface area (Å²) in [6.45, 7) is 7.22. The third-order valence-electron chi connectivity index (χ3n) is 4.38. The van der Waals surface area contributed by atoms with E-state index in [9.17, 15) is 4.79 Å². The highest BCUT2D eigenvalue weighted by Crippen LogP contribution is 2.24. The van der Waals surface area contributed by atoms with Crippen LogP contribution in [0.4, 0.5) is 0 Å². The molecule has 1 amide bonds. The molecule has 0 aliphatic heterocycles. The molecule has 0 bridgehead atoms. The van der Waals surface area contributed by atoms with Crippen molar-refractivity contribution in [2.45, 2.75) is 45.2 Å². The third kappa shape index (κ3) is 7.62. The summed E-state index contributed by atoms with van der Waals surface area (Å²) in [7, 11) is 3.75. The predicted octanol–water partition coefficient (Wildman–Crippen LogP) is 2.93. The molecule has 0 spiro atoms. The Balaban J connectivity index is 2.39. The van der Waals surface area contributed by atoms with Gasteiger partial charge >= 0.3 is 0 Å². The molecular weight excluding hydrogens is 286 g/mol. The molecule has 0 aromatic heterocycles. The fourth-order valence-electron chi connectivity index (χ4n) is 2.91. The number of carbonyl (C=O) groups is 1. The molecule has 1 aliphatic rings. The summed E-state index contributed by atoms with van der Waals surface area (Å²) in [4.78, 5) is 16.1. The van der Waals surface area contributed by atoms with Crippen molar-refractivity contribution in [2.75, 3.05) is 27.2 Å². The van der Waals surface area contributed by atoms with Crippen molar-refractivity contribution >= 4 is 5.91 Å². The zero-order chi connectivity index (χ0) is 17.2. The Hall–Kier alpha value is -1.39. The molecule has 0 heterocycles. The lowest BCUT2D eigenvalue weighted by Gasteiger charge is -2.31. The van der Waals surface area contributed by atoms with E-state index in [1.54, 1.807) is 11.9 Å². The van der Waals surface area contributed by atoms with Crippen LogP contribution in [-0.2, 0) is 4.79 Å². The van der Waals surface area contributed by atoms with Crippen molar-refractivity contribution in [3.63, 3.8) is 0 Å². The standard InChI is InChI=1S/C19H33N3O/c1-16(2)11-7-6-10-14-21(3)19(23)18(20)22(4)15-17-12-8-5-9-13-17/h6-7,10-11,17-18H,1,5,8-9,12-15,20H2,2-4H3/b10-6-,11-7-. The number of amides is 1. The molecule has 1 fully saturated rings. The lowest BCUT2D eigenvalue weighted by Crippen LogP contribution is -2.52. The van der Waals surface area contributed by atoms with Crippen molar-refractivity contribution in [1.29, 1.82) is 0 Å². The number of likely N-dealkylation sites (N-methyl/N-ethyl adjacent to an activating group) is 2. The average molecular weight is 319 g/mol. The molecule has 4 nitrogen and oxygen atoms in total. The number of rotatable bonds is 8. The number of nitrogens with zero attached hydrogens (tertiary/aromatic N) is 2. The van der Waals surface area contributed by atoms with Gasteiger partial charge in [0.15, 0.2) is 0 Å². The molecule has 0 aromatic rings. The van der Waals surface area contributed by atoms with Crippen molar-refractivity contribution < 1.29 is 4.79 Å². The first-order valence-electron chi connectivity index (χ1n) is 8.61. The molecule has 130 valence electrons. The van der Waals surface area contributed by atoms with E-state index in [-0.39, 0.29) is 5.91 Å². The smallest absolute Gasteiger partial charge is 0.254 e. The van der Waals surface area contributed by atoms with Crippen LogP contribution in [0.5, 0.6) is 0 Å². The molecule has 1 aliphatic carbocycles. The van der Waals surface area contributed by atoms with Gasteiger partial charge in [-0.15, -0.1) is 0 Å². The zero-order valence-corrected chi connectivity index (χ0v) is 15.0. The topological polar surface area (TPSA) is 49.6 Å². The van der Waals surface area contributed by atoms with Crippen molar-refractivity contribution in [1.82, 2.24) is 9.80 Å². The number of hydrogen-bond acceptors (Lipinski definition) is 3. The monoisotopic (exact) mass is 319 g/mol. The summed E-state index contributed by atoms with van der Waals surface area (Å²) >= 11 is 0. The number of nitrogens with two attached hydrogens (primary N) is 1. The molecular formula is C19H33N3O. The SMILES string of the molecule is C=C(C)/C=C\C=C/CN(C)C(=O)C(N)N(C)CC1CCCCC1. The maximum absolute atomic E-state index is 12.4. The van der Waals surface area contributed by atoms with E-state index < -0.39 is 6.17 Å². The average Bonchev–Trinajstić information content (AvgIpc) is 2.53. The highest BCUT2D eigenvalue weighted by molar-refractivity contribution is 5.81. The third-order valence-corrected chi connectivity index (χ3v) is 4.38. The lowest BCUT2D eigenvalue weighted by molar-refractivity contribution is -0.134. The van der Waals surface area contributed by atoms with Gasteiger partial charge in [0, 0.05) is 20.1 Å². The fraction of sp³-hybridized carbons (Fsp3) is 0.632. The van der Waals surface area contributed by atoms with E-state index in [0.717, 1.165) is 12.1 Å². The number of carbonyl (C=O) groups excluding carboxylic acids is 1. The van der Waals surface area contributed by atoms with Gasteiger partial charge in [0.2, 0.25) is 0 Å². The van der Waals surface area contributed by atoms with Crippen LogP contribution >= 0.6 is 0 Å². The van der Waals surface area contributed by atoms with E-state index in [4.69, 9.17) is 5.73 Å². The van der Waals surface area contributed by atoms with Gasteiger partial charge < -0.3 is 10.6 Å². The molecule has 0 radical (unpaired) electrons.